The lowest BCUT2D eigenvalue weighted by molar-refractivity contribution is 0.265. The molecule has 0 saturated carbocycles. The van der Waals surface area contributed by atoms with Gasteiger partial charge in [0.25, 0.3) is 0 Å². The molecule has 1 nitrogen and oxygen atoms in total. The molecule has 21 heavy (non-hydrogen) atoms. The van der Waals surface area contributed by atoms with Gasteiger partial charge >= 0.3 is 0 Å². The Kier molecular flexibility index (Phi) is 4.26. The first-order valence-corrected chi connectivity index (χ1v) is 8.00. The van der Waals surface area contributed by atoms with E-state index < -0.39 is 0 Å². The second-order valence-corrected chi connectivity index (χ2v) is 6.81. The summed E-state index contributed by atoms with van der Waals surface area (Å²) in [5.74, 6) is 0.508. The number of benzene rings is 2. The lowest BCUT2D eigenvalue weighted by Crippen LogP contribution is -2.32. The Morgan fingerprint density at radius 2 is 1.81 bits per heavy atom. The Labute approximate surface area is 136 Å². The number of hydrogen-bond donors (Lipinski definition) is 0. The average Bonchev–Trinajstić information content (AvgIpc) is 2.82. The van der Waals surface area contributed by atoms with Crippen molar-refractivity contribution in [2.24, 2.45) is 0 Å². The summed E-state index contributed by atoms with van der Waals surface area (Å²) in [6.45, 7) is 0. The van der Waals surface area contributed by atoms with Gasteiger partial charge in [0.15, 0.2) is 0 Å². The average molecular weight is 320 g/mol. The Bertz CT molecular complexity index is 651. The summed E-state index contributed by atoms with van der Waals surface area (Å²) in [5, 5.41) is 1.26. The first kappa shape index (κ1) is 14.9. The number of fused-ring (bicyclic) bond motifs is 1. The van der Waals surface area contributed by atoms with Gasteiger partial charge in [0.2, 0.25) is 0 Å². The van der Waals surface area contributed by atoms with Gasteiger partial charge in [0.1, 0.15) is 0 Å². The van der Waals surface area contributed by atoms with Crippen molar-refractivity contribution in [3.05, 3.63) is 69.2 Å². The molecule has 1 aliphatic carbocycles. The maximum absolute atomic E-state index is 6.16. The number of nitrogens with zero attached hydrogens (tertiary/aromatic N) is 1. The normalized spacial score (nSPS) is 20.8. The van der Waals surface area contributed by atoms with Crippen molar-refractivity contribution in [2.45, 2.75) is 24.8 Å². The summed E-state index contributed by atoms with van der Waals surface area (Å²) in [6, 6.07) is 15.3. The minimum absolute atomic E-state index is 0.508. The molecule has 0 N–H and O–H groups in total. The monoisotopic (exact) mass is 319 g/mol. The SMILES string of the molecule is CN(C)[C@@H]1Cc2ccccc2[C@@H]1Cc1ccc(Cl)c(Cl)c1. The van der Waals surface area contributed by atoms with E-state index in [4.69, 9.17) is 23.2 Å². The van der Waals surface area contributed by atoms with Crippen LogP contribution in [-0.2, 0) is 12.8 Å². The molecule has 0 aromatic heterocycles. The molecule has 2 aromatic rings. The molecule has 110 valence electrons. The van der Waals surface area contributed by atoms with Crippen LogP contribution >= 0.6 is 23.2 Å². The minimum Gasteiger partial charge on any atom is -0.305 e. The molecular weight excluding hydrogens is 301 g/mol. The fraction of sp³-hybridized carbons (Fsp3) is 0.333. The van der Waals surface area contributed by atoms with Crippen LogP contribution in [0.25, 0.3) is 0 Å². The highest BCUT2D eigenvalue weighted by Gasteiger charge is 2.33. The van der Waals surface area contributed by atoms with Gasteiger partial charge in [-0.1, -0.05) is 53.5 Å². The van der Waals surface area contributed by atoms with Gasteiger partial charge in [-0.2, -0.15) is 0 Å². The van der Waals surface area contributed by atoms with E-state index in [9.17, 15) is 0 Å². The smallest absolute Gasteiger partial charge is 0.0595 e. The number of rotatable bonds is 3. The van der Waals surface area contributed by atoms with Gasteiger partial charge in [-0.25, -0.2) is 0 Å². The number of hydrogen-bond acceptors (Lipinski definition) is 1. The lowest BCUT2D eigenvalue weighted by atomic mass is 9.90. The molecule has 1 aliphatic rings. The predicted octanol–water partition coefficient (Wildman–Crippen LogP) is 4.81. The highest BCUT2D eigenvalue weighted by molar-refractivity contribution is 6.42. The predicted molar refractivity (Wildman–Crippen MR) is 90.5 cm³/mol. The molecule has 0 radical (unpaired) electrons. The molecular formula is C18H19Cl2N. The van der Waals surface area contributed by atoms with Crippen molar-refractivity contribution < 1.29 is 0 Å². The molecule has 0 spiro atoms. The third kappa shape index (κ3) is 2.96. The quantitative estimate of drug-likeness (QED) is 0.785. The van der Waals surface area contributed by atoms with E-state index in [-0.39, 0.29) is 0 Å². The third-order valence-corrected chi connectivity index (χ3v) is 5.19. The summed E-state index contributed by atoms with van der Waals surface area (Å²) in [5.41, 5.74) is 4.20. The Morgan fingerprint density at radius 1 is 1.05 bits per heavy atom. The van der Waals surface area contributed by atoms with E-state index in [1.807, 2.05) is 12.1 Å². The zero-order valence-corrected chi connectivity index (χ0v) is 13.8. The van der Waals surface area contributed by atoms with E-state index in [1.165, 1.54) is 16.7 Å². The number of halogens is 2. The molecule has 0 fully saturated rings. The number of likely N-dealkylation sites (N-methyl/N-ethyl adjacent to an activating group) is 1. The zero-order valence-electron chi connectivity index (χ0n) is 12.3. The van der Waals surface area contributed by atoms with Crippen LogP contribution in [0.2, 0.25) is 10.0 Å². The van der Waals surface area contributed by atoms with Crippen LogP contribution in [0.5, 0.6) is 0 Å². The van der Waals surface area contributed by atoms with E-state index in [2.05, 4.69) is 49.3 Å². The van der Waals surface area contributed by atoms with Gasteiger partial charge in [-0.3, -0.25) is 0 Å². The standard InChI is InChI=1S/C18H19Cl2N/c1-21(2)18-11-13-5-3-4-6-14(13)15(18)9-12-7-8-16(19)17(20)10-12/h3-8,10,15,18H,9,11H2,1-2H3/t15-,18+/m0/s1. The Morgan fingerprint density at radius 3 is 2.52 bits per heavy atom. The van der Waals surface area contributed by atoms with E-state index in [1.54, 1.807) is 0 Å². The molecule has 2 atom stereocenters. The molecule has 2 aromatic carbocycles. The molecule has 0 aliphatic heterocycles. The first-order valence-electron chi connectivity index (χ1n) is 7.24. The first-order chi connectivity index (χ1) is 10.1. The van der Waals surface area contributed by atoms with Crippen molar-refractivity contribution in [3.63, 3.8) is 0 Å². The second-order valence-electron chi connectivity index (χ2n) is 5.99. The molecule has 3 heteroatoms. The topological polar surface area (TPSA) is 3.24 Å². The maximum atomic E-state index is 6.16. The lowest BCUT2D eigenvalue weighted by Gasteiger charge is -2.27. The molecule has 0 amide bonds. The molecule has 0 unspecified atom stereocenters. The van der Waals surface area contributed by atoms with Gasteiger partial charge in [0, 0.05) is 12.0 Å². The van der Waals surface area contributed by atoms with Crippen molar-refractivity contribution in [3.8, 4) is 0 Å². The Balaban J connectivity index is 1.92. The summed E-state index contributed by atoms with van der Waals surface area (Å²) in [6.07, 6.45) is 2.12. The minimum atomic E-state index is 0.508. The van der Waals surface area contributed by atoms with E-state index in [0.717, 1.165) is 12.8 Å². The highest BCUT2D eigenvalue weighted by atomic mass is 35.5. The molecule has 3 rings (SSSR count). The fourth-order valence-electron chi connectivity index (χ4n) is 3.37. The van der Waals surface area contributed by atoms with Crippen LogP contribution in [-0.4, -0.2) is 25.0 Å². The van der Waals surface area contributed by atoms with Gasteiger partial charge < -0.3 is 4.90 Å². The van der Waals surface area contributed by atoms with E-state index >= 15 is 0 Å². The highest BCUT2D eigenvalue weighted by Crippen LogP contribution is 2.38. The summed E-state index contributed by atoms with van der Waals surface area (Å²) < 4.78 is 0. The zero-order chi connectivity index (χ0) is 15.0. The summed E-state index contributed by atoms with van der Waals surface area (Å²) in [7, 11) is 4.33. The molecule has 0 heterocycles. The van der Waals surface area contributed by atoms with Crippen molar-refractivity contribution in [1.82, 2.24) is 4.90 Å². The summed E-state index contributed by atoms with van der Waals surface area (Å²) >= 11 is 12.2. The van der Waals surface area contributed by atoms with Gasteiger partial charge in [0.05, 0.1) is 10.0 Å². The van der Waals surface area contributed by atoms with Crippen LogP contribution in [0, 0.1) is 0 Å². The van der Waals surface area contributed by atoms with Crippen LogP contribution in [0.1, 0.15) is 22.6 Å². The van der Waals surface area contributed by atoms with Crippen LogP contribution in [0.4, 0.5) is 0 Å². The van der Waals surface area contributed by atoms with Crippen LogP contribution in [0.3, 0.4) is 0 Å². The molecule has 0 bridgehead atoms. The van der Waals surface area contributed by atoms with Gasteiger partial charge in [-0.05, 0) is 55.8 Å². The molecule has 0 saturated heterocycles. The largest absolute Gasteiger partial charge is 0.305 e. The van der Waals surface area contributed by atoms with Crippen molar-refractivity contribution >= 4 is 23.2 Å². The second kappa shape index (κ2) is 6.00. The third-order valence-electron chi connectivity index (χ3n) is 4.45. The Hall–Kier alpha value is -1.02. The van der Waals surface area contributed by atoms with Crippen molar-refractivity contribution in [1.29, 1.82) is 0 Å². The van der Waals surface area contributed by atoms with Crippen molar-refractivity contribution in [2.75, 3.05) is 14.1 Å². The van der Waals surface area contributed by atoms with Crippen LogP contribution in [0.15, 0.2) is 42.5 Å². The van der Waals surface area contributed by atoms with Gasteiger partial charge in [-0.15, -0.1) is 0 Å². The fourth-order valence-corrected chi connectivity index (χ4v) is 3.69. The maximum Gasteiger partial charge on any atom is 0.0595 e. The summed E-state index contributed by atoms with van der Waals surface area (Å²) in [4.78, 5) is 2.34. The van der Waals surface area contributed by atoms with E-state index in [0.29, 0.717) is 22.0 Å². The van der Waals surface area contributed by atoms with Crippen LogP contribution < -0.4 is 0 Å².